The van der Waals surface area contributed by atoms with Crippen LogP contribution in [0, 0.1) is 0 Å². The van der Waals surface area contributed by atoms with Crippen LogP contribution in [0.25, 0.3) is 0 Å². The number of anilines is 1. The minimum atomic E-state index is -1.11. The monoisotopic (exact) mass is 286 g/mol. The van der Waals surface area contributed by atoms with E-state index in [2.05, 4.69) is 5.32 Å². The molecule has 0 saturated heterocycles. The van der Waals surface area contributed by atoms with E-state index >= 15 is 0 Å². The van der Waals surface area contributed by atoms with E-state index in [9.17, 15) is 14.7 Å². The number of hydrogen-bond acceptors (Lipinski definition) is 4. The third-order valence-electron chi connectivity index (χ3n) is 2.35. The van der Waals surface area contributed by atoms with Crippen molar-refractivity contribution in [3.05, 3.63) is 10.9 Å². The highest BCUT2D eigenvalue weighted by molar-refractivity contribution is 7.15. The maximum Gasteiger partial charge on any atom is 0.342 e. The molecule has 19 heavy (non-hydrogen) atoms. The Balaban J connectivity index is 2.87. The van der Waals surface area contributed by atoms with Gasteiger partial charge in [0.25, 0.3) is 0 Å². The Morgan fingerprint density at radius 2 is 2.16 bits per heavy atom. The molecule has 0 aromatic carbocycles. The van der Waals surface area contributed by atoms with E-state index in [1.54, 1.807) is 19.5 Å². The molecule has 1 heterocycles. The minimum absolute atomic E-state index is 0.0105. The van der Waals surface area contributed by atoms with E-state index in [1.165, 1.54) is 4.90 Å². The lowest BCUT2D eigenvalue weighted by Gasteiger charge is -2.11. The molecule has 0 atom stereocenters. The molecule has 1 aromatic heterocycles. The Labute approximate surface area is 116 Å². The molecule has 0 unspecified atom stereocenters. The fourth-order valence-corrected chi connectivity index (χ4v) is 2.14. The quantitative estimate of drug-likeness (QED) is 0.788. The summed E-state index contributed by atoms with van der Waals surface area (Å²) in [5.41, 5.74) is 0.0105. The highest BCUT2D eigenvalue weighted by Gasteiger charge is 2.21. The molecular weight excluding hydrogens is 268 g/mol. The highest BCUT2D eigenvalue weighted by atomic mass is 32.1. The molecule has 0 radical (unpaired) electrons. The van der Waals surface area contributed by atoms with Gasteiger partial charge in [-0.3, -0.25) is 5.32 Å². The van der Waals surface area contributed by atoms with Crippen LogP contribution in [0.5, 0.6) is 5.75 Å². The number of carboxylic acids is 1. The number of amides is 2. The molecule has 0 fully saturated rings. The van der Waals surface area contributed by atoms with E-state index < -0.39 is 5.97 Å². The predicted molar refractivity (Wildman–Crippen MR) is 74.4 cm³/mol. The third kappa shape index (κ3) is 4.13. The van der Waals surface area contributed by atoms with Gasteiger partial charge in [0.05, 0.1) is 6.61 Å². The molecule has 2 amide bonds. The molecule has 0 aliphatic carbocycles. The lowest BCUT2D eigenvalue weighted by molar-refractivity contribution is 0.0694. The Morgan fingerprint density at radius 3 is 2.68 bits per heavy atom. The van der Waals surface area contributed by atoms with Gasteiger partial charge in [0.15, 0.2) is 0 Å². The summed E-state index contributed by atoms with van der Waals surface area (Å²) in [6.07, 6.45) is 1.82. The molecule has 0 bridgehead atoms. The lowest BCUT2D eigenvalue weighted by Crippen LogP contribution is -2.27. The average Bonchev–Trinajstić information content (AvgIpc) is 2.72. The van der Waals surface area contributed by atoms with Gasteiger partial charge in [-0.15, -0.1) is 11.3 Å². The van der Waals surface area contributed by atoms with Gasteiger partial charge >= 0.3 is 12.0 Å². The third-order valence-corrected chi connectivity index (χ3v) is 3.23. The van der Waals surface area contributed by atoms with E-state index in [0.29, 0.717) is 12.4 Å². The summed E-state index contributed by atoms with van der Waals surface area (Å²) < 4.78 is 5.43. The number of unbranched alkanes of at least 4 members (excludes halogenated alkanes) is 1. The number of rotatable bonds is 6. The second-order valence-corrected chi connectivity index (χ2v) is 5.02. The summed E-state index contributed by atoms with van der Waals surface area (Å²) >= 11 is 1.14. The molecule has 0 aliphatic heterocycles. The smallest absolute Gasteiger partial charge is 0.342 e. The van der Waals surface area contributed by atoms with Gasteiger partial charge in [0, 0.05) is 19.5 Å². The summed E-state index contributed by atoms with van der Waals surface area (Å²) in [6, 6.07) is -0.371. The largest absolute Gasteiger partial charge is 0.492 e. The van der Waals surface area contributed by atoms with Crippen LogP contribution in [0.1, 0.15) is 30.1 Å². The van der Waals surface area contributed by atoms with Crippen LogP contribution in [0.2, 0.25) is 0 Å². The first-order chi connectivity index (χ1) is 8.97. The first-order valence-corrected chi connectivity index (χ1v) is 6.81. The predicted octanol–water partition coefficient (Wildman–Crippen LogP) is 2.72. The first kappa shape index (κ1) is 15.3. The van der Waals surface area contributed by atoms with Gasteiger partial charge in [-0.25, -0.2) is 9.59 Å². The van der Waals surface area contributed by atoms with Crippen LogP contribution in [0.4, 0.5) is 9.80 Å². The summed E-state index contributed by atoms with van der Waals surface area (Å²) in [5, 5.41) is 13.6. The molecule has 0 saturated carbocycles. The summed E-state index contributed by atoms with van der Waals surface area (Å²) in [4.78, 5) is 24.1. The molecule has 0 spiro atoms. The number of thiophene rings is 1. The number of ether oxygens (including phenoxy) is 1. The van der Waals surface area contributed by atoms with E-state index in [4.69, 9.17) is 4.74 Å². The molecule has 2 N–H and O–H groups in total. The van der Waals surface area contributed by atoms with Crippen LogP contribution in [0.3, 0.4) is 0 Å². The first-order valence-electron chi connectivity index (χ1n) is 5.93. The Hall–Kier alpha value is -1.76. The number of nitrogens with one attached hydrogen (secondary N) is 1. The van der Waals surface area contributed by atoms with E-state index in [1.807, 2.05) is 6.92 Å². The molecule has 7 heteroatoms. The van der Waals surface area contributed by atoms with Crippen molar-refractivity contribution in [2.24, 2.45) is 0 Å². The standard InChI is InChI=1S/C12H18N2O4S/c1-4-5-6-18-8-7-19-10(9(8)11(15)16)13-12(17)14(2)3/h7H,4-6H2,1-3H3,(H,13,17)(H,15,16). The fourth-order valence-electron chi connectivity index (χ4n) is 1.28. The van der Waals surface area contributed by atoms with E-state index in [-0.39, 0.29) is 16.6 Å². The van der Waals surface area contributed by atoms with Gasteiger partial charge < -0.3 is 14.7 Å². The van der Waals surface area contributed by atoms with Gasteiger partial charge in [-0.05, 0) is 6.42 Å². The number of nitrogens with zero attached hydrogens (tertiary/aromatic N) is 1. The Kier molecular flexibility index (Phi) is 5.62. The zero-order valence-corrected chi connectivity index (χ0v) is 12.0. The number of aromatic carboxylic acids is 1. The normalized spacial score (nSPS) is 10.1. The molecule has 6 nitrogen and oxygen atoms in total. The Bertz CT molecular complexity index is 457. The van der Waals surface area contributed by atoms with Crippen LogP contribution < -0.4 is 10.1 Å². The SMILES string of the molecule is CCCCOc1csc(NC(=O)N(C)C)c1C(=O)O. The van der Waals surface area contributed by atoms with E-state index in [0.717, 1.165) is 24.2 Å². The Morgan fingerprint density at radius 1 is 1.47 bits per heavy atom. The zero-order valence-electron chi connectivity index (χ0n) is 11.2. The molecule has 0 aliphatic rings. The summed E-state index contributed by atoms with van der Waals surface area (Å²) in [6.45, 7) is 2.49. The van der Waals surface area contributed by atoms with Crippen molar-refractivity contribution in [3.63, 3.8) is 0 Å². The van der Waals surface area contributed by atoms with Crippen molar-refractivity contribution < 1.29 is 19.4 Å². The lowest BCUT2D eigenvalue weighted by atomic mass is 10.3. The number of carboxylic acid groups (broad SMARTS) is 1. The van der Waals surface area contributed by atoms with Crippen LogP contribution in [-0.4, -0.2) is 42.7 Å². The van der Waals surface area contributed by atoms with Crippen molar-refractivity contribution in [3.8, 4) is 5.75 Å². The minimum Gasteiger partial charge on any atom is -0.492 e. The topological polar surface area (TPSA) is 78.9 Å². The highest BCUT2D eigenvalue weighted by Crippen LogP contribution is 2.34. The molecular formula is C12H18N2O4S. The second kappa shape index (κ2) is 6.98. The molecule has 1 rings (SSSR count). The summed E-state index contributed by atoms with van der Waals surface area (Å²) in [5.74, 6) is -0.804. The average molecular weight is 286 g/mol. The molecule has 106 valence electrons. The van der Waals surface area contributed by atoms with Crippen molar-refractivity contribution in [1.82, 2.24) is 4.90 Å². The second-order valence-electron chi connectivity index (χ2n) is 4.14. The number of hydrogen-bond donors (Lipinski definition) is 2. The van der Waals surface area contributed by atoms with Crippen LogP contribution in [-0.2, 0) is 0 Å². The summed E-state index contributed by atoms with van der Waals surface area (Å²) in [7, 11) is 3.17. The van der Waals surface area contributed by atoms with Crippen molar-refractivity contribution in [2.45, 2.75) is 19.8 Å². The van der Waals surface area contributed by atoms with Gasteiger partial charge in [-0.2, -0.15) is 0 Å². The number of urea groups is 1. The zero-order chi connectivity index (χ0) is 14.4. The van der Waals surface area contributed by atoms with Crippen LogP contribution in [0.15, 0.2) is 5.38 Å². The van der Waals surface area contributed by atoms with Crippen molar-refractivity contribution in [1.29, 1.82) is 0 Å². The maximum absolute atomic E-state index is 11.5. The van der Waals surface area contributed by atoms with Crippen molar-refractivity contribution >= 4 is 28.3 Å². The molecule has 1 aromatic rings. The van der Waals surface area contributed by atoms with Gasteiger partial charge in [0.1, 0.15) is 16.3 Å². The number of carbonyl (C=O) groups is 2. The van der Waals surface area contributed by atoms with Crippen LogP contribution >= 0.6 is 11.3 Å². The fraction of sp³-hybridized carbons (Fsp3) is 0.500. The maximum atomic E-state index is 11.5. The van der Waals surface area contributed by atoms with Crippen molar-refractivity contribution in [2.75, 3.05) is 26.0 Å². The van der Waals surface area contributed by atoms with Gasteiger partial charge in [-0.1, -0.05) is 13.3 Å². The number of carbonyl (C=O) groups excluding carboxylic acids is 1. The van der Waals surface area contributed by atoms with Gasteiger partial charge in [0.2, 0.25) is 0 Å².